The minimum absolute atomic E-state index is 0.968. The third kappa shape index (κ3) is 4.49. The van der Waals surface area contributed by atoms with Gasteiger partial charge in [-0.15, -0.1) is 0 Å². The summed E-state index contributed by atoms with van der Waals surface area (Å²) in [6.45, 7) is 0. The van der Waals surface area contributed by atoms with Crippen molar-refractivity contribution in [2.45, 2.75) is 0 Å². The van der Waals surface area contributed by atoms with E-state index in [1.54, 1.807) is 0 Å². The zero-order valence-corrected chi connectivity index (χ0v) is 32.0. The standard InChI is InChI=1S/C57H34N2/c1-3-15-36(16-4-1)50-44-22-10-11-23-45(44)51(37-17-5-2-6-18-37)55-48-33-32-39(42-25-13-26-47(52(42)48)54(50)55)35-28-30-38(31-29-35)59-56-46-24-12-8-20-41(46)40-19-7-9-21-43(40)53(56)49-27-14-34-58-57(49)59/h1-34H. The number of fused-ring (bicyclic) bond motifs is 12. The third-order valence-electron chi connectivity index (χ3n) is 12.8. The molecule has 0 radical (unpaired) electrons. The first-order valence-electron chi connectivity index (χ1n) is 20.4. The largest absolute Gasteiger partial charge is 0.293 e. The number of benzene rings is 10. The lowest BCUT2D eigenvalue weighted by Crippen LogP contribution is -1.96. The van der Waals surface area contributed by atoms with Crippen molar-refractivity contribution in [2.24, 2.45) is 0 Å². The summed E-state index contributed by atoms with van der Waals surface area (Å²) in [6.07, 6.45) is 1.91. The number of pyridine rings is 1. The molecule has 272 valence electrons. The third-order valence-corrected chi connectivity index (χ3v) is 12.8. The van der Waals surface area contributed by atoms with Gasteiger partial charge in [0.2, 0.25) is 0 Å². The normalized spacial score (nSPS) is 12.1. The lowest BCUT2D eigenvalue weighted by molar-refractivity contribution is 1.14. The highest BCUT2D eigenvalue weighted by Crippen LogP contribution is 2.58. The van der Waals surface area contributed by atoms with E-state index < -0.39 is 0 Å². The van der Waals surface area contributed by atoms with Crippen molar-refractivity contribution in [2.75, 3.05) is 0 Å². The zero-order chi connectivity index (χ0) is 38.6. The SMILES string of the molecule is c1ccc(-c2c3c(c(-c4ccccc4)c4ccccc24)-c2ccc(-c4ccc(-n5c6ncccc6c6c7ccccc7c7ccccc7c65)cc4)c4cccc-3c24)cc1. The number of aromatic nitrogens is 2. The quantitative estimate of drug-likeness (QED) is 0.164. The molecule has 59 heavy (non-hydrogen) atoms. The molecule has 0 fully saturated rings. The highest BCUT2D eigenvalue weighted by molar-refractivity contribution is 6.32. The van der Waals surface area contributed by atoms with E-state index in [1.807, 2.05) is 6.20 Å². The van der Waals surface area contributed by atoms with E-state index in [2.05, 4.69) is 205 Å². The van der Waals surface area contributed by atoms with Crippen LogP contribution in [0.5, 0.6) is 0 Å². The summed E-state index contributed by atoms with van der Waals surface area (Å²) in [6, 6.07) is 73.5. The Morgan fingerprint density at radius 3 is 1.46 bits per heavy atom. The molecule has 0 atom stereocenters. The van der Waals surface area contributed by atoms with Gasteiger partial charge in [0.15, 0.2) is 0 Å². The van der Waals surface area contributed by atoms with E-state index in [0.717, 1.165) is 16.7 Å². The van der Waals surface area contributed by atoms with Crippen molar-refractivity contribution in [1.82, 2.24) is 9.55 Å². The molecule has 0 N–H and O–H groups in total. The van der Waals surface area contributed by atoms with Crippen molar-refractivity contribution < 1.29 is 0 Å². The predicted octanol–water partition coefficient (Wildman–Crippen LogP) is 15.4. The number of nitrogens with zero attached hydrogens (tertiary/aromatic N) is 2. The molecule has 13 rings (SSSR count). The molecule has 2 heteroatoms. The minimum Gasteiger partial charge on any atom is -0.293 e. The van der Waals surface area contributed by atoms with Gasteiger partial charge in [-0.25, -0.2) is 4.98 Å². The molecule has 12 aromatic rings. The van der Waals surface area contributed by atoms with Crippen LogP contribution in [0.2, 0.25) is 0 Å². The maximum absolute atomic E-state index is 5.02. The van der Waals surface area contributed by atoms with Gasteiger partial charge in [-0.3, -0.25) is 4.57 Å². The minimum atomic E-state index is 0.968. The van der Waals surface area contributed by atoms with Gasteiger partial charge in [0.05, 0.1) is 5.52 Å². The summed E-state index contributed by atoms with van der Waals surface area (Å²) in [5.41, 5.74) is 16.0. The van der Waals surface area contributed by atoms with Gasteiger partial charge < -0.3 is 0 Å². The molecule has 0 saturated heterocycles. The Kier molecular flexibility index (Phi) is 6.76. The van der Waals surface area contributed by atoms with Gasteiger partial charge in [0, 0.05) is 28.0 Å². The Morgan fingerprint density at radius 1 is 0.288 bits per heavy atom. The van der Waals surface area contributed by atoms with Crippen LogP contribution in [0.1, 0.15) is 0 Å². The Balaban J connectivity index is 1.04. The van der Waals surface area contributed by atoms with Crippen LogP contribution in [0.15, 0.2) is 206 Å². The molecule has 10 aromatic carbocycles. The number of hydrogen-bond acceptors (Lipinski definition) is 1. The fourth-order valence-electron chi connectivity index (χ4n) is 10.4. The molecule has 2 heterocycles. The summed E-state index contributed by atoms with van der Waals surface area (Å²) in [5, 5.41) is 12.5. The molecule has 0 saturated carbocycles. The van der Waals surface area contributed by atoms with E-state index in [1.165, 1.54) is 110 Å². The van der Waals surface area contributed by atoms with Gasteiger partial charge in [0.1, 0.15) is 5.65 Å². The summed E-state index contributed by atoms with van der Waals surface area (Å²) in [7, 11) is 0. The van der Waals surface area contributed by atoms with E-state index in [-0.39, 0.29) is 0 Å². The zero-order valence-electron chi connectivity index (χ0n) is 32.0. The van der Waals surface area contributed by atoms with Crippen molar-refractivity contribution in [3.05, 3.63) is 206 Å². The van der Waals surface area contributed by atoms with Crippen molar-refractivity contribution in [1.29, 1.82) is 0 Å². The Labute approximate surface area is 340 Å². The maximum Gasteiger partial charge on any atom is 0.145 e. The summed E-state index contributed by atoms with van der Waals surface area (Å²) in [5.74, 6) is 0. The molecule has 0 aliphatic heterocycles. The molecule has 0 amide bonds. The molecular weight excluding hydrogens is 713 g/mol. The smallest absolute Gasteiger partial charge is 0.145 e. The van der Waals surface area contributed by atoms with Gasteiger partial charge in [-0.2, -0.15) is 0 Å². The first kappa shape index (κ1) is 32.3. The summed E-state index contributed by atoms with van der Waals surface area (Å²) in [4.78, 5) is 5.02. The van der Waals surface area contributed by atoms with Gasteiger partial charge >= 0.3 is 0 Å². The molecule has 1 aliphatic rings. The molecular formula is C57H34N2. The average molecular weight is 747 g/mol. The van der Waals surface area contributed by atoms with E-state index in [9.17, 15) is 0 Å². The second-order valence-corrected chi connectivity index (χ2v) is 15.7. The molecule has 0 spiro atoms. The maximum atomic E-state index is 5.02. The average Bonchev–Trinajstić information content (AvgIpc) is 3.83. The Hall–Kier alpha value is -7.81. The summed E-state index contributed by atoms with van der Waals surface area (Å²) < 4.78 is 2.37. The molecule has 2 nitrogen and oxygen atoms in total. The first-order chi connectivity index (χ1) is 29.3. The van der Waals surface area contributed by atoms with Crippen molar-refractivity contribution >= 4 is 65.0 Å². The first-order valence-corrected chi connectivity index (χ1v) is 20.4. The highest BCUT2D eigenvalue weighted by Gasteiger charge is 2.31. The van der Waals surface area contributed by atoms with E-state index in [4.69, 9.17) is 4.98 Å². The number of rotatable bonds is 4. The van der Waals surface area contributed by atoms with Crippen LogP contribution in [0.3, 0.4) is 0 Å². The van der Waals surface area contributed by atoms with Crippen LogP contribution in [-0.4, -0.2) is 9.55 Å². The summed E-state index contributed by atoms with van der Waals surface area (Å²) >= 11 is 0. The van der Waals surface area contributed by atoms with Crippen molar-refractivity contribution in [3.8, 4) is 61.3 Å². The van der Waals surface area contributed by atoms with Crippen LogP contribution >= 0.6 is 0 Å². The molecule has 2 aromatic heterocycles. The highest BCUT2D eigenvalue weighted by atomic mass is 15.0. The topological polar surface area (TPSA) is 17.8 Å². The lowest BCUT2D eigenvalue weighted by Gasteiger charge is -2.20. The van der Waals surface area contributed by atoms with Crippen LogP contribution in [0.4, 0.5) is 0 Å². The molecule has 0 unspecified atom stereocenters. The lowest BCUT2D eigenvalue weighted by atomic mass is 9.82. The van der Waals surface area contributed by atoms with E-state index >= 15 is 0 Å². The van der Waals surface area contributed by atoms with Crippen LogP contribution in [-0.2, 0) is 0 Å². The monoisotopic (exact) mass is 746 g/mol. The van der Waals surface area contributed by atoms with Gasteiger partial charge in [-0.05, 0) is 118 Å². The fourth-order valence-corrected chi connectivity index (χ4v) is 10.4. The number of hydrogen-bond donors (Lipinski definition) is 0. The fraction of sp³-hybridized carbons (Fsp3) is 0. The van der Waals surface area contributed by atoms with Crippen LogP contribution in [0.25, 0.3) is 126 Å². The van der Waals surface area contributed by atoms with Crippen LogP contribution < -0.4 is 0 Å². The van der Waals surface area contributed by atoms with Gasteiger partial charge in [0.25, 0.3) is 0 Å². The van der Waals surface area contributed by atoms with E-state index in [0.29, 0.717) is 0 Å². The Morgan fingerprint density at radius 2 is 0.797 bits per heavy atom. The van der Waals surface area contributed by atoms with Crippen LogP contribution in [0, 0.1) is 0 Å². The van der Waals surface area contributed by atoms with Crippen molar-refractivity contribution in [3.63, 3.8) is 0 Å². The predicted molar refractivity (Wildman–Crippen MR) is 249 cm³/mol. The molecule has 0 bridgehead atoms. The molecule has 1 aliphatic carbocycles. The van der Waals surface area contributed by atoms with Gasteiger partial charge in [-0.1, -0.05) is 176 Å². The second kappa shape index (κ2) is 12.3. The Bertz CT molecular complexity index is 3600. The second-order valence-electron chi connectivity index (χ2n) is 15.7.